The van der Waals surface area contributed by atoms with Gasteiger partial charge in [-0.1, -0.05) is 51.2 Å². The van der Waals surface area contributed by atoms with E-state index in [9.17, 15) is 5.26 Å². The van der Waals surface area contributed by atoms with Gasteiger partial charge in [-0.25, -0.2) is 4.98 Å². The van der Waals surface area contributed by atoms with Crippen LogP contribution in [0.3, 0.4) is 0 Å². The van der Waals surface area contributed by atoms with Crippen molar-refractivity contribution in [2.75, 3.05) is 31.1 Å². The highest BCUT2D eigenvalue weighted by atomic mass is 32.2. The second-order valence-electron chi connectivity index (χ2n) is 11.0. The SMILES string of the molecule is CCCCCCCCc1c(C)c(C#N)c2nc3ccccc3n2c1N1CCN(C2N=CC(C)(C)S2)CC1. The molecule has 5 rings (SSSR count). The molecule has 1 unspecified atom stereocenters. The quantitative estimate of drug-likeness (QED) is 0.301. The van der Waals surface area contributed by atoms with E-state index >= 15 is 0 Å². The number of anilines is 1. The van der Waals surface area contributed by atoms with Crippen LogP contribution in [0.25, 0.3) is 16.7 Å². The van der Waals surface area contributed by atoms with Crippen molar-refractivity contribution in [2.45, 2.75) is 82.9 Å². The molecule has 196 valence electrons. The Balaban J connectivity index is 1.50. The van der Waals surface area contributed by atoms with Gasteiger partial charge < -0.3 is 4.90 Å². The number of rotatable bonds is 9. The summed E-state index contributed by atoms with van der Waals surface area (Å²) in [6.45, 7) is 12.7. The van der Waals surface area contributed by atoms with Crippen molar-refractivity contribution < 1.29 is 0 Å². The van der Waals surface area contributed by atoms with Gasteiger partial charge in [-0.05, 0) is 56.9 Å². The van der Waals surface area contributed by atoms with Crippen LogP contribution >= 0.6 is 11.8 Å². The van der Waals surface area contributed by atoms with Crippen molar-refractivity contribution >= 4 is 40.5 Å². The summed E-state index contributed by atoms with van der Waals surface area (Å²) in [5.41, 5.74) is 6.21. The van der Waals surface area contributed by atoms with E-state index in [0.29, 0.717) is 0 Å². The normalized spacial score (nSPS) is 19.8. The molecule has 3 aromatic rings. The van der Waals surface area contributed by atoms with Crippen molar-refractivity contribution in [3.63, 3.8) is 0 Å². The molecule has 4 heterocycles. The van der Waals surface area contributed by atoms with Gasteiger partial charge in [0.25, 0.3) is 0 Å². The van der Waals surface area contributed by atoms with Gasteiger partial charge in [-0.3, -0.25) is 14.3 Å². The summed E-state index contributed by atoms with van der Waals surface area (Å²) < 4.78 is 2.40. The maximum Gasteiger partial charge on any atom is 0.157 e. The Morgan fingerprint density at radius 1 is 1.05 bits per heavy atom. The van der Waals surface area contributed by atoms with Crippen LogP contribution in [0.2, 0.25) is 0 Å². The first-order valence-corrected chi connectivity index (χ1v) is 14.9. The van der Waals surface area contributed by atoms with Crippen LogP contribution in [0.1, 0.15) is 76.0 Å². The van der Waals surface area contributed by atoms with Crippen LogP contribution < -0.4 is 4.90 Å². The molecular formula is C30H40N6S. The first-order chi connectivity index (χ1) is 17.9. The predicted molar refractivity (Wildman–Crippen MR) is 157 cm³/mol. The van der Waals surface area contributed by atoms with Crippen LogP contribution in [-0.2, 0) is 6.42 Å². The second-order valence-corrected chi connectivity index (χ2v) is 12.7. The Kier molecular flexibility index (Phi) is 7.78. The number of thioether (sulfide) groups is 1. The third-order valence-corrected chi connectivity index (χ3v) is 9.18. The first kappa shape index (κ1) is 26.1. The standard InChI is InChI=1S/C30H40N6S/c1-5-6-7-8-9-10-13-23-22(2)24(20-31)27-33-25-14-11-12-15-26(25)36(27)28(23)34-16-18-35(19-17-34)29-32-21-30(3,4)37-29/h11-12,14-15,21,29H,5-10,13,16-19H2,1-4H3. The predicted octanol–water partition coefficient (Wildman–Crippen LogP) is 6.57. The van der Waals surface area contributed by atoms with Crippen molar-refractivity contribution in [1.82, 2.24) is 14.3 Å². The Morgan fingerprint density at radius 3 is 2.49 bits per heavy atom. The summed E-state index contributed by atoms with van der Waals surface area (Å²) in [5, 5.41) is 10.2. The smallest absolute Gasteiger partial charge is 0.157 e. The Bertz CT molecular complexity index is 1330. The number of hydrogen-bond acceptors (Lipinski definition) is 6. The maximum atomic E-state index is 10.2. The fourth-order valence-corrected chi connectivity index (χ4v) is 6.92. The average Bonchev–Trinajstić information content (AvgIpc) is 3.46. The van der Waals surface area contributed by atoms with Crippen LogP contribution in [0.5, 0.6) is 0 Å². The molecule has 1 fully saturated rings. The number of aliphatic imine (C=N–C) groups is 1. The van der Waals surface area contributed by atoms with E-state index in [0.717, 1.165) is 66.8 Å². The monoisotopic (exact) mass is 516 g/mol. The average molecular weight is 517 g/mol. The lowest BCUT2D eigenvalue weighted by molar-refractivity contribution is 0.246. The highest BCUT2D eigenvalue weighted by Crippen LogP contribution is 2.38. The number of hydrogen-bond donors (Lipinski definition) is 0. The number of fused-ring (bicyclic) bond motifs is 3. The molecule has 0 radical (unpaired) electrons. The van der Waals surface area contributed by atoms with Crippen LogP contribution in [0.4, 0.5) is 5.82 Å². The lowest BCUT2D eigenvalue weighted by Gasteiger charge is -2.39. The second kappa shape index (κ2) is 11.0. The van der Waals surface area contributed by atoms with Crippen LogP contribution in [0.15, 0.2) is 29.3 Å². The molecule has 6 nitrogen and oxygen atoms in total. The van der Waals surface area contributed by atoms with Gasteiger partial charge in [-0.15, -0.1) is 11.8 Å². The van der Waals surface area contributed by atoms with Gasteiger partial charge >= 0.3 is 0 Å². The van der Waals surface area contributed by atoms with E-state index in [1.807, 2.05) is 17.8 Å². The van der Waals surface area contributed by atoms with Gasteiger partial charge in [0.2, 0.25) is 0 Å². The number of aromatic nitrogens is 2. The molecule has 2 aliphatic rings. The van der Waals surface area contributed by atoms with Gasteiger partial charge in [-0.2, -0.15) is 5.26 Å². The summed E-state index contributed by atoms with van der Waals surface area (Å²) in [6.07, 6.45) is 10.7. The minimum absolute atomic E-state index is 0.109. The molecular weight excluding hydrogens is 476 g/mol. The summed E-state index contributed by atoms with van der Waals surface area (Å²) in [6, 6.07) is 10.8. The van der Waals surface area contributed by atoms with E-state index in [-0.39, 0.29) is 10.2 Å². The van der Waals surface area contributed by atoms with E-state index in [1.165, 1.54) is 43.5 Å². The highest BCUT2D eigenvalue weighted by molar-refractivity contribution is 8.02. The molecule has 37 heavy (non-hydrogen) atoms. The largest absolute Gasteiger partial charge is 0.355 e. The fourth-order valence-electron chi connectivity index (χ4n) is 5.78. The summed E-state index contributed by atoms with van der Waals surface area (Å²) in [5.74, 6) is 1.25. The molecule has 1 aromatic carbocycles. The molecule has 1 atom stereocenters. The Hall–Kier alpha value is -2.56. The lowest BCUT2D eigenvalue weighted by atomic mass is 9.97. The maximum absolute atomic E-state index is 10.2. The lowest BCUT2D eigenvalue weighted by Crippen LogP contribution is -2.49. The number of para-hydroxylation sites is 2. The van der Waals surface area contributed by atoms with Crippen LogP contribution in [0, 0.1) is 18.3 Å². The number of unbranched alkanes of at least 4 members (excludes halogenated alkanes) is 5. The molecule has 0 spiro atoms. The number of imidazole rings is 1. The van der Waals surface area contributed by atoms with Crippen molar-refractivity contribution in [1.29, 1.82) is 5.26 Å². The summed E-state index contributed by atoms with van der Waals surface area (Å²) >= 11 is 1.94. The zero-order chi connectivity index (χ0) is 26.0. The Labute approximate surface area is 225 Å². The third-order valence-electron chi connectivity index (χ3n) is 7.83. The summed E-state index contributed by atoms with van der Waals surface area (Å²) in [4.78, 5) is 14.8. The van der Waals surface area contributed by atoms with E-state index in [1.54, 1.807) is 0 Å². The molecule has 1 saturated heterocycles. The van der Waals surface area contributed by atoms with E-state index < -0.39 is 0 Å². The molecule has 0 bridgehead atoms. The minimum atomic E-state index is 0.109. The zero-order valence-electron chi connectivity index (χ0n) is 22.8. The number of nitrogens with zero attached hydrogens (tertiary/aromatic N) is 6. The number of nitriles is 1. The molecule has 0 saturated carbocycles. The van der Waals surface area contributed by atoms with Crippen molar-refractivity contribution in [3.05, 3.63) is 41.0 Å². The molecule has 7 heteroatoms. The molecule has 0 aliphatic carbocycles. The first-order valence-electron chi connectivity index (χ1n) is 14.0. The number of benzene rings is 1. The summed E-state index contributed by atoms with van der Waals surface area (Å²) in [7, 11) is 0. The minimum Gasteiger partial charge on any atom is -0.355 e. The topological polar surface area (TPSA) is 59.9 Å². The van der Waals surface area contributed by atoms with Gasteiger partial charge in [0.1, 0.15) is 17.4 Å². The van der Waals surface area contributed by atoms with Crippen LogP contribution in [-0.4, -0.2) is 56.9 Å². The highest BCUT2D eigenvalue weighted by Gasteiger charge is 2.34. The van der Waals surface area contributed by atoms with Gasteiger partial charge in [0.05, 0.1) is 16.6 Å². The van der Waals surface area contributed by atoms with Crippen molar-refractivity contribution in [2.24, 2.45) is 4.99 Å². The van der Waals surface area contributed by atoms with Crippen molar-refractivity contribution in [3.8, 4) is 6.07 Å². The third kappa shape index (κ3) is 5.24. The van der Waals surface area contributed by atoms with Gasteiger partial charge in [0, 0.05) is 37.1 Å². The molecule has 2 aliphatic heterocycles. The zero-order valence-corrected chi connectivity index (χ0v) is 23.7. The van der Waals surface area contributed by atoms with Gasteiger partial charge in [0.15, 0.2) is 5.65 Å². The number of pyridine rings is 1. The van der Waals surface area contributed by atoms with E-state index in [2.05, 4.69) is 72.4 Å². The van der Waals surface area contributed by atoms with E-state index in [4.69, 9.17) is 9.98 Å². The molecule has 2 aromatic heterocycles. The Morgan fingerprint density at radius 2 is 1.78 bits per heavy atom. The molecule has 0 amide bonds. The fraction of sp³-hybridized carbons (Fsp3) is 0.567. The number of piperazine rings is 1. The molecule has 0 N–H and O–H groups in total.